The first kappa shape index (κ1) is 16.7. The van der Waals surface area contributed by atoms with Gasteiger partial charge in [0.1, 0.15) is 5.82 Å². The van der Waals surface area contributed by atoms with Gasteiger partial charge >= 0.3 is 0 Å². The van der Waals surface area contributed by atoms with Crippen LogP contribution in [0.25, 0.3) is 11.0 Å². The Kier molecular flexibility index (Phi) is 4.59. The molecular formula is C19H20Cl2N4. The van der Waals surface area contributed by atoms with Crippen LogP contribution < -0.4 is 4.90 Å². The van der Waals surface area contributed by atoms with Gasteiger partial charge < -0.3 is 9.47 Å². The van der Waals surface area contributed by atoms with Crippen molar-refractivity contribution in [2.24, 2.45) is 7.05 Å². The van der Waals surface area contributed by atoms with Crippen LogP contribution in [0, 0.1) is 0 Å². The van der Waals surface area contributed by atoms with E-state index in [0.717, 1.165) is 49.8 Å². The van der Waals surface area contributed by atoms with Crippen LogP contribution in [0.3, 0.4) is 0 Å². The number of nitrogens with zero attached hydrogens (tertiary/aromatic N) is 4. The monoisotopic (exact) mass is 374 g/mol. The summed E-state index contributed by atoms with van der Waals surface area (Å²) in [5.74, 6) is 1.11. The Labute approximate surface area is 157 Å². The van der Waals surface area contributed by atoms with E-state index in [1.54, 1.807) is 0 Å². The molecule has 0 atom stereocenters. The van der Waals surface area contributed by atoms with Crippen LogP contribution in [0.5, 0.6) is 0 Å². The quantitative estimate of drug-likeness (QED) is 0.686. The first-order chi connectivity index (χ1) is 12.1. The number of aromatic nitrogens is 2. The molecule has 1 aliphatic heterocycles. The Morgan fingerprint density at radius 2 is 1.72 bits per heavy atom. The van der Waals surface area contributed by atoms with Crippen molar-refractivity contribution in [3.8, 4) is 0 Å². The Morgan fingerprint density at radius 1 is 0.960 bits per heavy atom. The van der Waals surface area contributed by atoms with Crippen molar-refractivity contribution in [1.82, 2.24) is 14.5 Å². The van der Waals surface area contributed by atoms with Crippen molar-refractivity contribution in [2.75, 3.05) is 31.1 Å². The number of benzene rings is 2. The third-order valence-corrected chi connectivity index (χ3v) is 5.62. The van der Waals surface area contributed by atoms with Crippen molar-refractivity contribution < 1.29 is 0 Å². The summed E-state index contributed by atoms with van der Waals surface area (Å²) in [5, 5.41) is 1.21. The largest absolute Gasteiger partial charge is 0.369 e. The number of hydrogen-bond donors (Lipinski definition) is 0. The van der Waals surface area contributed by atoms with Gasteiger partial charge in [-0.05, 0) is 30.3 Å². The molecule has 2 heterocycles. The first-order valence-corrected chi connectivity index (χ1v) is 9.20. The molecule has 25 heavy (non-hydrogen) atoms. The fraction of sp³-hybridized carbons (Fsp3) is 0.316. The van der Waals surface area contributed by atoms with Gasteiger partial charge in [0.05, 0.1) is 27.6 Å². The van der Waals surface area contributed by atoms with Crippen LogP contribution in [0.1, 0.15) is 5.82 Å². The number of para-hydroxylation sites is 2. The number of rotatable bonds is 3. The van der Waals surface area contributed by atoms with Gasteiger partial charge in [0.2, 0.25) is 0 Å². The topological polar surface area (TPSA) is 24.3 Å². The summed E-state index contributed by atoms with van der Waals surface area (Å²) in [6.07, 6.45) is 0. The molecule has 0 radical (unpaired) electrons. The molecule has 1 aliphatic rings. The van der Waals surface area contributed by atoms with E-state index < -0.39 is 0 Å². The van der Waals surface area contributed by atoms with Gasteiger partial charge in [-0.15, -0.1) is 0 Å². The molecule has 130 valence electrons. The highest BCUT2D eigenvalue weighted by Gasteiger charge is 2.19. The molecule has 0 amide bonds. The van der Waals surface area contributed by atoms with E-state index in [4.69, 9.17) is 28.2 Å². The highest BCUT2D eigenvalue weighted by atomic mass is 35.5. The molecule has 1 saturated heterocycles. The highest BCUT2D eigenvalue weighted by Crippen LogP contribution is 2.28. The van der Waals surface area contributed by atoms with Crippen molar-refractivity contribution in [3.05, 3.63) is 58.3 Å². The minimum Gasteiger partial charge on any atom is -0.369 e. The van der Waals surface area contributed by atoms with Gasteiger partial charge in [0.25, 0.3) is 0 Å². The van der Waals surface area contributed by atoms with Crippen LogP contribution in [-0.2, 0) is 13.6 Å². The second-order valence-electron chi connectivity index (χ2n) is 6.44. The van der Waals surface area contributed by atoms with Crippen LogP contribution in [0.2, 0.25) is 10.0 Å². The standard InChI is InChI=1S/C19H20Cl2N4/c1-23-18-5-3-2-4-17(18)22-19(23)13-24-8-10-25(11-9-24)14-6-7-15(20)16(21)12-14/h2-7,12H,8-11,13H2,1H3. The number of aryl methyl sites for hydroxylation is 1. The molecule has 4 rings (SSSR count). The molecule has 2 aromatic carbocycles. The summed E-state index contributed by atoms with van der Waals surface area (Å²) in [6.45, 7) is 4.83. The summed E-state index contributed by atoms with van der Waals surface area (Å²) in [6, 6.07) is 14.1. The molecule has 0 aliphatic carbocycles. The third-order valence-electron chi connectivity index (χ3n) is 4.89. The van der Waals surface area contributed by atoms with Gasteiger partial charge in [0, 0.05) is 38.9 Å². The van der Waals surface area contributed by atoms with Crippen LogP contribution in [-0.4, -0.2) is 40.6 Å². The summed E-state index contributed by atoms with van der Waals surface area (Å²) in [5.41, 5.74) is 3.39. The summed E-state index contributed by atoms with van der Waals surface area (Å²) < 4.78 is 2.20. The molecular weight excluding hydrogens is 355 g/mol. The normalized spacial score (nSPS) is 15.9. The minimum atomic E-state index is 0.603. The van der Waals surface area contributed by atoms with Gasteiger partial charge in [-0.2, -0.15) is 0 Å². The Bertz CT molecular complexity index is 898. The predicted molar refractivity (Wildman–Crippen MR) is 105 cm³/mol. The predicted octanol–water partition coefficient (Wildman–Crippen LogP) is 4.20. The molecule has 3 aromatic rings. The van der Waals surface area contributed by atoms with E-state index in [9.17, 15) is 0 Å². The molecule has 0 saturated carbocycles. The van der Waals surface area contributed by atoms with E-state index in [1.165, 1.54) is 5.52 Å². The number of halogens is 2. The highest BCUT2D eigenvalue weighted by molar-refractivity contribution is 6.42. The zero-order valence-corrected chi connectivity index (χ0v) is 15.6. The Hall–Kier alpha value is -1.75. The van der Waals surface area contributed by atoms with Gasteiger partial charge in [0.15, 0.2) is 0 Å². The van der Waals surface area contributed by atoms with E-state index in [1.807, 2.05) is 24.3 Å². The van der Waals surface area contributed by atoms with Crippen LogP contribution >= 0.6 is 23.2 Å². The molecule has 0 bridgehead atoms. The molecule has 6 heteroatoms. The summed E-state index contributed by atoms with van der Waals surface area (Å²) in [7, 11) is 2.09. The van der Waals surface area contributed by atoms with Crippen molar-refractivity contribution >= 4 is 39.9 Å². The van der Waals surface area contributed by atoms with Gasteiger partial charge in [-0.3, -0.25) is 4.90 Å². The van der Waals surface area contributed by atoms with Crippen LogP contribution in [0.15, 0.2) is 42.5 Å². The van der Waals surface area contributed by atoms with Gasteiger partial charge in [-0.1, -0.05) is 35.3 Å². The molecule has 4 nitrogen and oxygen atoms in total. The minimum absolute atomic E-state index is 0.603. The third kappa shape index (κ3) is 3.34. The SMILES string of the molecule is Cn1c(CN2CCN(c3ccc(Cl)c(Cl)c3)CC2)nc2ccccc21. The van der Waals surface area contributed by atoms with Crippen molar-refractivity contribution in [3.63, 3.8) is 0 Å². The maximum Gasteiger partial charge on any atom is 0.123 e. The van der Waals surface area contributed by atoms with E-state index in [0.29, 0.717) is 10.0 Å². The number of imidazole rings is 1. The molecule has 0 N–H and O–H groups in total. The lowest BCUT2D eigenvalue weighted by atomic mass is 10.2. The van der Waals surface area contributed by atoms with Gasteiger partial charge in [-0.25, -0.2) is 4.98 Å². The fourth-order valence-corrected chi connectivity index (χ4v) is 3.68. The number of fused-ring (bicyclic) bond motifs is 1. The molecule has 1 aromatic heterocycles. The molecule has 0 unspecified atom stereocenters. The second kappa shape index (κ2) is 6.87. The molecule has 1 fully saturated rings. The number of anilines is 1. The maximum atomic E-state index is 6.15. The first-order valence-electron chi connectivity index (χ1n) is 8.44. The second-order valence-corrected chi connectivity index (χ2v) is 7.25. The number of hydrogen-bond acceptors (Lipinski definition) is 3. The average molecular weight is 375 g/mol. The molecule has 0 spiro atoms. The lowest BCUT2D eigenvalue weighted by Gasteiger charge is -2.36. The fourth-order valence-electron chi connectivity index (χ4n) is 3.38. The lowest BCUT2D eigenvalue weighted by Crippen LogP contribution is -2.46. The van der Waals surface area contributed by atoms with Crippen molar-refractivity contribution in [1.29, 1.82) is 0 Å². The van der Waals surface area contributed by atoms with Crippen molar-refractivity contribution in [2.45, 2.75) is 6.54 Å². The maximum absolute atomic E-state index is 6.15. The summed E-state index contributed by atoms with van der Waals surface area (Å²) in [4.78, 5) is 9.59. The summed E-state index contributed by atoms with van der Waals surface area (Å²) >= 11 is 12.2. The van der Waals surface area contributed by atoms with E-state index in [2.05, 4.69) is 39.6 Å². The van der Waals surface area contributed by atoms with E-state index in [-0.39, 0.29) is 0 Å². The lowest BCUT2D eigenvalue weighted by molar-refractivity contribution is 0.242. The van der Waals surface area contributed by atoms with E-state index >= 15 is 0 Å². The zero-order chi connectivity index (χ0) is 17.4. The Balaban J connectivity index is 1.43. The Morgan fingerprint density at radius 3 is 2.44 bits per heavy atom. The smallest absolute Gasteiger partial charge is 0.123 e. The zero-order valence-electron chi connectivity index (χ0n) is 14.1. The van der Waals surface area contributed by atoms with Crippen LogP contribution in [0.4, 0.5) is 5.69 Å². The average Bonchev–Trinajstić information content (AvgIpc) is 2.94. The number of piperazine rings is 1.